The number of carbonyl (C=O) groups excluding carboxylic acids is 2. The van der Waals surface area contributed by atoms with Gasteiger partial charge in [-0.2, -0.15) is 0 Å². The summed E-state index contributed by atoms with van der Waals surface area (Å²) in [6, 6.07) is 14.7. The molecule has 0 radical (unpaired) electrons. The first-order valence-corrected chi connectivity index (χ1v) is 13.0. The molecule has 0 N–H and O–H groups in total. The lowest BCUT2D eigenvalue weighted by atomic mass is 9.90. The highest BCUT2D eigenvalue weighted by atomic mass is 35.5. The lowest BCUT2D eigenvalue weighted by Gasteiger charge is -2.40. The van der Waals surface area contributed by atoms with Gasteiger partial charge in [0, 0.05) is 30.7 Å². The van der Waals surface area contributed by atoms with Gasteiger partial charge >= 0.3 is 0 Å². The number of benzene rings is 2. The van der Waals surface area contributed by atoms with Crippen LogP contribution in [0.15, 0.2) is 48.5 Å². The highest BCUT2D eigenvalue weighted by Gasteiger charge is 2.35. The number of hydrogen-bond donors (Lipinski definition) is 0. The molecular formula is C28H35ClN2O3. The average Bonchev–Trinajstić information content (AvgIpc) is 2.86. The molecule has 6 heteroatoms. The third kappa shape index (κ3) is 5.93. The van der Waals surface area contributed by atoms with E-state index in [0.29, 0.717) is 28.4 Å². The standard InChI is InChI=1S/C28H35ClN2O3/c1-30-19-9-3-2-4-10-20-31(27(32)21-15-17-22(29)18-16-21)24-12-6-8-14-26(24)34-25-13-7-5-11-23(25)28(30)33/h5,7,11,13,15-18,24,26H,2-4,6,8-10,12,14,19-20H2,1H3/t24-,26+/m1/s1. The number of nitrogens with zero attached hydrogens (tertiary/aromatic N) is 2. The third-order valence-electron chi connectivity index (χ3n) is 7.06. The molecule has 4 rings (SSSR count). The van der Waals surface area contributed by atoms with Crippen LogP contribution >= 0.6 is 11.6 Å². The molecule has 0 saturated heterocycles. The molecule has 0 bridgehead atoms. The van der Waals surface area contributed by atoms with E-state index in [1.165, 1.54) is 0 Å². The van der Waals surface area contributed by atoms with Crippen LogP contribution in [-0.2, 0) is 0 Å². The summed E-state index contributed by atoms with van der Waals surface area (Å²) in [6.45, 7) is 1.45. The van der Waals surface area contributed by atoms with Gasteiger partial charge in [-0.05, 0) is 68.5 Å². The molecule has 2 amide bonds. The summed E-state index contributed by atoms with van der Waals surface area (Å²) in [7, 11) is 1.87. The number of hydrogen-bond acceptors (Lipinski definition) is 3. The number of amides is 2. The lowest BCUT2D eigenvalue weighted by molar-refractivity contribution is 0.0270. The first-order chi connectivity index (χ1) is 16.5. The Balaban J connectivity index is 1.66. The molecule has 34 heavy (non-hydrogen) atoms. The maximum atomic E-state index is 13.7. The van der Waals surface area contributed by atoms with Crippen molar-refractivity contribution in [2.24, 2.45) is 0 Å². The van der Waals surface area contributed by atoms with Crippen LogP contribution in [0.4, 0.5) is 0 Å². The number of rotatable bonds is 1. The molecule has 0 unspecified atom stereocenters. The third-order valence-corrected chi connectivity index (χ3v) is 7.31. The molecule has 2 aromatic carbocycles. The van der Waals surface area contributed by atoms with E-state index >= 15 is 0 Å². The van der Waals surface area contributed by atoms with Gasteiger partial charge in [0.15, 0.2) is 0 Å². The second-order valence-electron chi connectivity index (χ2n) is 9.50. The Labute approximate surface area is 208 Å². The Morgan fingerprint density at radius 1 is 0.882 bits per heavy atom. The minimum Gasteiger partial charge on any atom is -0.487 e. The zero-order valence-corrected chi connectivity index (χ0v) is 20.8. The van der Waals surface area contributed by atoms with E-state index < -0.39 is 0 Å². The highest BCUT2D eigenvalue weighted by molar-refractivity contribution is 6.30. The van der Waals surface area contributed by atoms with Crippen LogP contribution in [0.5, 0.6) is 5.75 Å². The molecule has 1 aliphatic heterocycles. The van der Waals surface area contributed by atoms with Crippen molar-refractivity contribution >= 4 is 23.4 Å². The molecule has 2 aromatic rings. The summed E-state index contributed by atoms with van der Waals surface area (Å²) < 4.78 is 6.57. The zero-order valence-electron chi connectivity index (χ0n) is 20.0. The van der Waals surface area contributed by atoms with Gasteiger partial charge in [0.05, 0.1) is 11.6 Å². The van der Waals surface area contributed by atoms with Gasteiger partial charge in [0.2, 0.25) is 0 Å². The van der Waals surface area contributed by atoms with Crippen molar-refractivity contribution in [3.05, 3.63) is 64.7 Å². The fourth-order valence-corrected chi connectivity index (χ4v) is 5.25. The summed E-state index contributed by atoms with van der Waals surface area (Å²) in [5.41, 5.74) is 1.25. The molecule has 2 atom stereocenters. The summed E-state index contributed by atoms with van der Waals surface area (Å²) >= 11 is 6.07. The van der Waals surface area contributed by atoms with Crippen LogP contribution in [0.2, 0.25) is 5.02 Å². The number of ether oxygens (including phenoxy) is 1. The molecule has 1 saturated carbocycles. The van der Waals surface area contributed by atoms with Crippen molar-refractivity contribution in [1.29, 1.82) is 0 Å². The average molecular weight is 483 g/mol. The van der Waals surface area contributed by atoms with E-state index in [9.17, 15) is 9.59 Å². The largest absolute Gasteiger partial charge is 0.487 e. The van der Waals surface area contributed by atoms with Crippen molar-refractivity contribution in [3.8, 4) is 5.75 Å². The fraction of sp³-hybridized carbons (Fsp3) is 0.500. The topological polar surface area (TPSA) is 49.9 Å². The van der Waals surface area contributed by atoms with Gasteiger partial charge in [-0.25, -0.2) is 0 Å². The maximum absolute atomic E-state index is 13.7. The van der Waals surface area contributed by atoms with Gasteiger partial charge in [-0.3, -0.25) is 9.59 Å². The number of halogens is 1. The van der Waals surface area contributed by atoms with E-state index in [2.05, 4.69) is 0 Å². The molecule has 1 aliphatic carbocycles. The van der Waals surface area contributed by atoms with E-state index in [-0.39, 0.29) is 24.0 Å². The van der Waals surface area contributed by atoms with Gasteiger partial charge in [-0.1, -0.05) is 49.4 Å². The molecule has 1 fully saturated rings. The number of para-hydroxylation sites is 1. The molecule has 0 spiro atoms. The highest BCUT2D eigenvalue weighted by Crippen LogP contribution is 2.31. The Morgan fingerprint density at radius 2 is 1.56 bits per heavy atom. The normalized spacial score (nSPS) is 22.6. The SMILES string of the molecule is CN1CCCCCCCN(C(=O)c2ccc(Cl)cc2)[C@@H]2CCCC[C@@H]2Oc2ccccc2C1=O. The van der Waals surface area contributed by atoms with Crippen LogP contribution in [0.25, 0.3) is 0 Å². The summed E-state index contributed by atoms with van der Waals surface area (Å²) in [6.07, 6.45) is 8.94. The first kappa shape index (κ1) is 24.6. The number of fused-ring (bicyclic) bond motifs is 2. The minimum atomic E-state index is -0.144. The lowest BCUT2D eigenvalue weighted by Crippen LogP contribution is -2.51. The van der Waals surface area contributed by atoms with Crippen LogP contribution in [-0.4, -0.2) is 53.9 Å². The zero-order chi connectivity index (χ0) is 23.9. The summed E-state index contributed by atoms with van der Waals surface area (Å²) in [4.78, 5) is 30.7. The number of carbonyl (C=O) groups is 2. The van der Waals surface area contributed by atoms with Gasteiger partial charge in [0.1, 0.15) is 11.9 Å². The van der Waals surface area contributed by atoms with Gasteiger partial charge in [0.25, 0.3) is 11.8 Å². The maximum Gasteiger partial charge on any atom is 0.257 e. The first-order valence-electron chi connectivity index (χ1n) is 12.6. The smallest absolute Gasteiger partial charge is 0.257 e. The van der Waals surface area contributed by atoms with E-state index in [4.69, 9.17) is 16.3 Å². The molecule has 5 nitrogen and oxygen atoms in total. The predicted octanol–water partition coefficient (Wildman–Crippen LogP) is 6.21. The van der Waals surface area contributed by atoms with Crippen LogP contribution in [0.3, 0.4) is 0 Å². The predicted molar refractivity (Wildman–Crippen MR) is 136 cm³/mol. The van der Waals surface area contributed by atoms with Crippen LogP contribution < -0.4 is 4.74 Å². The molecule has 2 aliphatic rings. The van der Waals surface area contributed by atoms with Crippen molar-refractivity contribution in [2.75, 3.05) is 20.1 Å². The van der Waals surface area contributed by atoms with Crippen molar-refractivity contribution < 1.29 is 14.3 Å². The van der Waals surface area contributed by atoms with Gasteiger partial charge in [-0.15, -0.1) is 0 Å². The molecule has 0 aromatic heterocycles. The minimum absolute atomic E-state index is 0.00747. The molecular weight excluding hydrogens is 448 g/mol. The second kappa shape index (κ2) is 11.7. The fourth-order valence-electron chi connectivity index (χ4n) is 5.13. The summed E-state index contributed by atoms with van der Waals surface area (Å²) in [5, 5.41) is 0.624. The molecule has 1 heterocycles. The van der Waals surface area contributed by atoms with Crippen molar-refractivity contribution in [1.82, 2.24) is 9.80 Å². The van der Waals surface area contributed by atoms with Gasteiger partial charge < -0.3 is 14.5 Å². The quantitative estimate of drug-likeness (QED) is 0.485. The van der Waals surface area contributed by atoms with Crippen LogP contribution in [0, 0.1) is 0 Å². The molecule has 182 valence electrons. The summed E-state index contributed by atoms with van der Waals surface area (Å²) in [5.74, 6) is 0.641. The Bertz CT molecular complexity index is 978. The Hall–Kier alpha value is -2.53. The second-order valence-corrected chi connectivity index (χ2v) is 9.94. The van der Waals surface area contributed by atoms with Crippen LogP contribution in [0.1, 0.15) is 78.5 Å². The van der Waals surface area contributed by atoms with E-state index in [1.807, 2.05) is 48.3 Å². The Morgan fingerprint density at radius 3 is 2.35 bits per heavy atom. The Kier molecular flexibility index (Phi) is 8.49. The van der Waals surface area contributed by atoms with Crippen molar-refractivity contribution in [3.63, 3.8) is 0 Å². The van der Waals surface area contributed by atoms with E-state index in [0.717, 1.165) is 64.3 Å². The van der Waals surface area contributed by atoms with E-state index in [1.54, 1.807) is 17.0 Å². The van der Waals surface area contributed by atoms with Crippen molar-refractivity contribution in [2.45, 2.75) is 69.9 Å². The monoisotopic (exact) mass is 482 g/mol.